The molecule has 6 heteroatoms. The topological polar surface area (TPSA) is 84.1 Å². The largest absolute Gasteiger partial charge is 0.383 e. The van der Waals surface area contributed by atoms with E-state index in [4.69, 9.17) is 5.73 Å². The third-order valence-electron chi connectivity index (χ3n) is 3.79. The van der Waals surface area contributed by atoms with E-state index in [0.29, 0.717) is 12.4 Å². The lowest BCUT2D eigenvalue weighted by atomic mass is 9.96. The van der Waals surface area contributed by atoms with Gasteiger partial charge in [-0.05, 0) is 19.3 Å². The zero-order valence-electron chi connectivity index (χ0n) is 12.2. The van der Waals surface area contributed by atoms with Crippen molar-refractivity contribution in [2.75, 3.05) is 30.8 Å². The maximum Gasteiger partial charge on any atom is 0.224 e. The zero-order valence-corrected chi connectivity index (χ0v) is 12.2. The fourth-order valence-electron chi connectivity index (χ4n) is 2.77. The number of nitrogen functional groups attached to an aromatic ring is 1. The number of carbonyl (C=O) groups excluding carboxylic acids is 1. The van der Waals surface area contributed by atoms with Gasteiger partial charge in [0, 0.05) is 25.7 Å². The standard InChI is InChI=1S/C14H23N5O/c1-3-5-11-12(15)17-9-18-13(11)19-7-4-6-10(8-19)14(20)16-2/h9-10H,3-8H2,1-2H3,(H,16,20)(H2,15,17,18). The molecule has 2 rings (SSSR count). The van der Waals surface area contributed by atoms with Gasteiger partial charge in [0.25, 0.3) is 0 Å². The summed E-state index contributed by atoms with van der Waals surface area (Å²) in [5.74, 6) is 1.58. The van der Waals surface area contributed by atoms with E-state index in [0.717, 1.165) is 43.6 Å². The minimum absolute atomic E-state index is 0.0272. The van der Waals surface area contributed by atoms with E-state index in [9.17, 15) is 4.79 Å². The van der Waals surface area contributed by atoms with Gasteiger partial charge in [0.05, 0.1) is 5.92 Å². The maximum atomic E-state index is 11.8. The van der Waals surface area contributed by atoms with Crippen LogP contribution in [-0.2, 0) is 11.2 Å². The Morgan fingerprint density at radius 3 is 3.05 bits per heavy atom. The van der Waals surface area contributed by atoms with Crippen molar-refractivity contribution in [2.45, 2.75) is 32.6 Å². The summed E-state index contributed by atoms with van der Waals surface area (Å²) in [6, 6.07) is 0. The second-order valence-electron chi connectivity index (χ2n) is 5.21. The van der Waals surface area contributed by atoms with Gasteiger partial charge < -0.3 is 16.0 Å². The number of aromatic nitrogens is 2. The molecule has 0 bridgehead atoms. The Kier molecular flexibility index (Phi) is 4.76. The Bertz CT molecular complexity index is 477. The summed E-state index contributed by atoms with van der Waals surface area (Å²) in [4.78, 5) is 22.5. The lowest BCUT2D eigenvalue weighted by Gasteiger charge is -2.33. The Hall–Kier alpha value is -1.85. The number of nitrogens with zero attached hydrogens (tertiary/aromatic N) is 3. The summed E-state index contributed by atoms with van der Waals surface area (Å²) in [6.45, 7) is 3.73. The molecule has 0 saturated carbocycles. The van der Waals surface area contributed by atoms with Crippen LogP contribution in [0.1, 0.15) is 31.7 Å². The second-order valence-corrected chi connectivity index (χ2v) is 5.21. The van der Waals surface area contributed by atoms with Gasteiger partial charge in [-0.15, -0.1) is 0 Å². The van der Waals surface area contributed by atoms with E-state index in [1.165, 1.54) is 6.33 Å². The Balaban J connectivity index is 2.22. The molecule has 0 radical (unpaired) electrons. The van der Waals surface area contributed by atoms with E-state index in [1.807, 2.05) is 0 Å². The number of hydrogen-bond donors (Lipinski definition) is 2. The summed E-state index contributed by atoms with van der Waals surface area (Å²) < 4.78 is 0. The Labute approximate surface area is 119 Å². The average molecular weight is 277 g/mol. The molecule has 1 amide bonds. The van der Waals surface area contributed by atoms with Crippen LogP contribution < -0.4 is 16.0 Å². The molecule has 110 valence electrons. The number of nitrogens with two attached hydrogens (primary N) is 1. The third kappa shape index (κ3) is 3.00. The van der Waals surface area contributed by atoms with Gasteiger partial charge >= 0.3 is 0 Å². The van der Waals surface area contributed by atoms with Crippen LogP contribution in [0, 0.1) is 5.92 Å². The number of rotatable bonds is 4. The fourth-order valence-corrected chi connectivity index (χ4v) is 2.77. The van der Waals surface area contributed by atoms with Crippen molar-refractivity contribution in [1.29, 1.82) is 0 Å². The van der Waals surface area contributed by atoms with Crippen molar-refractivity contribution in [3.05, 3.63) is 11.9 Å². The molecule has 1 fully saturated rings. The normalized spacial score (nSPS) is 18.9. The minimum atomic E-state index is 0.0272. The highest BCUT2D eigenvalue weighted by molar-refractivity contribution is 5.79. The number of nitrogens with one attached hydrogen (secondary N) is 1. The van der Waals surface area contributed by atoms with Crippen molar-refractivity contribution in [3.8, 4) is 0 Å². The van der Waals surface area contributed by atoms with Crippen LogP contribution in [0.2, 0.25) is 0 Å². The van der Waals surface area contributed by atoms with Crippen molar-refractivity contribution in [1.82, 2.24) is 15.3 Å². The van der Waals surface area contributed by atoms with Crippen LogP contribution in [0.15, 0.2) is 6.33 Å². The highest BCUT2D eigenvalue weighted by Gasteiger charge is 2.27. The summed E-state index contributed by atoms with van der Waals surface area (Å²) in [7, 11) is 1.69. The fraction of sp³-hybridized carbons (Fsp3) is 0.643. The molecule has 20 heavy (non-hydrogen) atoms. The highest BCUT2D eigenvalue weighted by Crippen LogP contribution is 2.27. The third-order valence-corrected chi connectivity index (χ3v) is 3.79. The quantitative estimate of drug-likeness (QED) is 0.857. The van der Waals surface area contributed by atoms with Crippen LogP contribution in [0.5, 0.6) is 0 Å². The van der Waals surface area contributed by atoms with Gasteiger partial charge in [-0.2, -0.15) is 0 Å². The molecule has 1 atom stereocenters. The van der Waals surface area contributed by atoms with Gasteiger partial charge in [-0.1, -0.05) is 13.3 Å². The van der Waals surface area contributed by atoms with Gasteiger partial charge in [0.2, 0.25) is 5.91 Å². The van der Waals surface area contributed by atoms with Gasteiger partial charge in [0.1, 0.15) is 18.0 Å². The van der Waals surface area contributed by atoms with Crippen LogP contribution in [0.25, 0.3) is 0 Å². The first-order chi connectivity index (χ1) is 9.67. The predicted molar refractivity (Wildman–Crippen MR) is 79.4 cm³/mol. The molecule has 1 aliphatic rings. The molecule has 1 aromatic heterocycles. The number of hydrogen-bond acceptors (Lipinski definition) is 5. The van der Waals surface area contributed by atoms with Crippen LogP contribution in [0.3, 0.4) is 0 Å². The SMILES string of the molecule is CCCc1c(N)ncnc1N1CCCC(C(=O)NC)C1. The number of piperidine rings is 1. The van der Waals surface area contributed by atoms with Gasteiger partial charge in [-0.25, -0.2) is 9.97 Å². The van der Waals surface area contributed by atoms with Gasteiger partial charge in [0.15, 0.2) is 0 Å². The van der Waals surface area contributed by atoms with Crippen LogP contribution in [0.4, 0.5) is 11.6 Å². The van der Waals surface area contributed by atoms with Crippen LogP contribution >= 0.6 is 0 Å². The zero-order chi connectivity index (χ0) is 14.5. The minimum Gasteiger partial charge on any atom is -0.383 e. The average Bonchev–Trinajstić information content (AvgIpc) is 2.49. The molecule has 1 aromatic rings. The van der Waals surface area contributed by atoms with E-state index in [1.54, 1.807) is 7.05 Å². The molecule has 0 aliphatic carbocycles. The van der Waals surface area contributed by atoms with E-state index >= 15 is 0 Å². The number of amides is 1. The molecular weight excluding hydrogens is 254 g/mol. The van der Waals surface area contributed by atoms with Crippen molar-refractivity contribution >= 4 is 17.5 Å². The van der Waals surface area contributed by atoms with Crippen molar-refractivity contribution < 1.29 is 4.79 Å². The first kappa shape index (κ1) is 14.6. The molecule has 6 nitrogen and oxygen atoms in total. The first-order valence-corrected chi connectivity index (χ1v) is 7.23. The Morgan fingerprint density at radius 1 is 1.55 bits per heavy atom. The molecular formula is C14H23N5O. The molecule has 0 spiro atoms. The van der Waals surface area contributed by atoms with Crippen molar-refractivity contribution in [3.63, 3.8) is 0 Å². The monoisotopic (exact) mass is 277 g/mol. The van der Waals surface area contributed by atoms with Gasteiger partial charge in [-0.3, -0.25) is 4.79 Å². The molecule has 1 aliphatic heterocycles. The smallest absolute Gasteiger partial charge is 0.224 e. The Morgan fingerprint density at radius 2 is 2.35 bits per heavy atom. The maximum absolute atomic E-state index is 11.8. The lowest BCUT2D eigenvalue weighted by molar-refractivity contribution is -0.124. The summed E-state index contributed by atoms with van der Waals surface area (Å²) in [6.07, 6.45) is 5.29. The van der Waals surface area contributed by atoms with Crippen molar-refractivity contribution in [2.24, 2.45) is 5.92 Å². The molecule has 2 heterocycles. The molecule has 1 saturated heterocycles. The molecule has 0 aromatic carbocycles. The molecule has 1 unspecified atom stereocenters. The summed E-state index contributed by atoms with van der Waals surface area (Å²) in [5.41, 5.74) is 6.98. The summed E-state index contributed by atoms with van der Waals surface area (Å²) in [5, 5.41) is 2.73. The second kappa shape index (κ2) is 6.54. The first-order valence-electron chi connectivity index (χ1n) is 7.23. The van der Waals surface area contributed by atoms with E-state index in [-0.39, 0.29) is 11.8 Å². The van der Waals surface area contributed by atoms with E-state index in [2.05, 4.69) is 27.1 Å². The number of carbonyl (C=O) groups is 1. The van der Waals surface area contributed by atoms with E-state index < -0.39 is 0 Å². The summed E-state index contributed by atoms with van der Waals surface area (Å²) >= 11 is 0. The molecule has 3 N–H and O–H groups in total. The predicted octanol–water partition coefficient (Wildman–Crippen LogP) is 0.974. The number of anilines is 2. The highest BCUT2D eigenvalue weighted by atomic mass is 16.1. The lowest BCUT2D eigenvalue weighted by Crippen LogP contribution is -2.43. The van der Waals surface area contributed by atoms with Crippen LogP contribution in [-0.4, -0.2) is 36.0 Å².